The van der Waals surface area contributed by atoms with Crippen LogP contribution in [0.1, 0.15) is 18.1 Å². The number of thiophene rings is 1. The number of nitrogens with zero attached hydrogens (tertiary/aromatic N) is 2. The molecule has 0 radical (unpaired) electrons. The molecule has 0 aliphatic carbocycles. The van der Waals surface area contributed by atoms with E-state index in [1.54, 1.807) is 26.1 Å². The molecule has 4 amide bonds. The van der Waals surface area contributed by atoms with Crippen molar-refractivity contribution < 1.29 is 14.4 Å². The molecule has 6 nitrogen and oxygen atoms in total. The first kappa shape index (κ1) is 19.7. The number of hydrogen-bond donors (Lipinski definition) is 1. The van der Waals surface area contributed by atoms with Crippen molar-refractivity contribution in [2.75, 3.05) is 13.6 Å². The van der Waals surface area contributed by atoms with Crippen LogP contribution in [0.5, 0.6) is 0 Å². The molecule has 0 spiro atoms. The Morgan fingerprint density at radius 2 is 2.04 bits per heavy atom. The Hall–Kier alpha value is -2.09. The van der Waals surface area contributed by atoms with Gasteiger partial charge in [0.15, 0.2) is 0 Å². The van der Waals surface area contributed by atoms with E-state index in [-0.39, 0.29) is 17.5 Å². The van der Waals surface area contributed by atoms with Gasteiger partial charge in [0.05, 0.1) is 0 Å². The van der Waals surface area contributed by atoms with E-state index < -0.39 is 17.5 Å². The number of halogens is 2. The number of carbonyl (C=O) groups excluding carboxylic acids is 3. The second-order valence-corrected chi connectivity index (χ2v) is 8.08. The number of likely N-dealkylation sites (N-methyl/N-ethyl adjacent to an activating group) is 1. The summed E-state index contributed by atoms with van der Waals surface area (Å²) in [6, 6.07) is 5.98. The smallest absolute Gasteiger partial charge is 0.325 e. The maximum atomic E-state index is 12.9. The van der Waals surface area contributed by atoms with E-state index in [0.717, 1.165) is 10.5 Å². The van der Waals surface area contributed by atoms with Crippen LogP contribution < -0.4 is 5.32 Å². The van der Waals surface area contributed by atoms with Crippen LogP contribution in [0, 0.1) is 0 Å². The number of imide groups is 1. The van der Waals surface area contributed by atoms with Crippen LogP contribution in [0.25, 0.3) is 0 Å². The third-order valence-electron chi connectivity index (χ3n) is 4.46. The molecule has 142 valence electrons. The average molecular weight is 426 g/mol. The number of nitrogens with one attached hydrogen (secondary N) is 1. The fraction of sp³-hybridized carbons (Fsp3) is 0.278. The SMILES string of the molecule is CN(Cc1ccsc1)C(=O)CN1C(=O)NC(C)(c2ccc(Cl)cc2Cl)C1=O. The van der Waals surface area contributed by atoms with E-state index >= 15 is 0 Å². The molecular weight excluding hydrogens is 409 g/mol. The van der Waals surface area contributed by atoms with Gasteiger partial charge in [-0.15, -0.1) is 0 Å². The lowest BCUT2D eigenvalue weighted by Crippen LogP contribution is -2.43. The molecule has 1 aromatic heterocycles. The van der Waals surface area contributed by atoms with Gasteiger partial charge in [0, 0.05) is 29.2 Å². The summed E-state index contributed by atoms with van der Waals surface area (Å²) in [7, 11) is 1.63. The molecule has 1 aliphatic heterocycles. The van der Waals surface area contributed by atoms with Gasteiger partial charge in [0.1, 0.15) is 12.1 Å². The summed E-state index contributed by atoms with van der Waals surface area (Å²) in [6.07, 6.45) is 0. The van der Waals surface area contributed by atoms with Gasteiger partial charge in [-0.1, -0.05) is 29.3 Å². The van der Waals surface area contributed by atoms with Gasteiger partial charge in [0.2, 0.25) is 5.91 Å². The summed E-state index contributed by atoms with van der Waals surface area (Å²) in [5, 5.41) is 7.19. The number of urea groups is 1. The van der Waals surface area contributed by atoms with Crippen LogP contribution in [-0.4, -0.2) is 41.2 Å². The van der Waals surface area contributed by atoms with Gasteiger partial charge in [0.25, 0.3) is 5.91 Å². The molecule has 2 heterocycles. The maximum Gasteiger partial charge on any atom is 0.325 e. The predicted molar refractivity (Wildman–Crippen MR) is 105 cm³/mol. The quantitative estimate of drug-likeness (QED) is 0.745. The molecule has 1 aliphatic rings. The lowest BCUT2D eigenvalue weighted by molar-refractivity contribution is -0.138. The van der Waals surface area contributed by atoms with Crippen molar-refractivity contribution in [1.29, 1.82) is 0 Å². The fourth-order valence-electron chi connectivity index (χ4n) is 2.92. The first-order chi connectivity index (χ1) is 12.7. The van der Waals surface area contributed by atoms with E-state index in [1.165, 1.54) is 22.3 Å². The van der Waals surface area contributed by atoms with Gasteiger partial charge >= 0.3 is 6.03 Å². The van der Waals surface area contributed by atoms with E-state index in [9.17, 15) is 14.4 Å². The van der Waals surface area contributed by atoms with Crippen molar-refractivity contribution in [3.63, 3.8) is 0 Å². The molecule has 1 unspecified atom stereocenters. The molecule has 1 aromatic carbocycles. The standard InChI is InChI=1S/C18H17Cl2N3O3S/c1-18(13-4-3-12(19)7-14(13)20)16(25)23(17(26)21-18)9-15(24)22(2)8-11-5-6-27-10-11/h3-7,10H,8-9H2,1-2H3,(H,21,26). The van der Waals surface area contributed by atoms with Gasteiger partial charge < -0.3 is 10.2 Å². The molecule has 3 rings (SSSR count). The zero-order valence-corrected chi connectivity index (χ0v) is 17.0. The molecule has 9 heteroatoms. The van der Waals surface area contributed by atoms with Gasteiger partial charge in [-0.2, -0.15) is 11.3 Å². The second-order valence-electron chi connectivity index (χ2n) is 6.45. The molecule has 0 saturated carbocycles. The highest BCUT2D eigenvalue weighted by atomic mass is 35.5. The van der Waals surface area contributed by atoms with Crippen molar-refractivity contribution in [3.8, 4) is 0 Å². The Morgan fingerprint density at radius 3 is 2.67 bits per heavy atom. The van der Waals surface area contributed by atoms with Gasteiger partial charge in [-0.3, -0.25) is 14.5 Å². The minimum atomic E-state index is -1.36. The average Bonchev–Trinajstić information content (AvgIpc) is 3.17. The topological polar surface area (TPSA) is 69.7 Å². The minimum Gasteiger partial charge on any atom is -0.340 e. The zero-order valence-electron chi connectivity index (χ0n) is 14.7. The van der Waals surface area contributed by atoms with Crippen LogP contribution in [-0.2, 0) is 21.7 Å². The Balaban J connectivity index is 1.76. The molecule has 1 saturated heterocycles. The highest BCUT2D eigenvalue weighted by Crippen LogP contribution is 2.34. The van der Waals surface area contributed by atoms with E-state index in [1.807, 2.05) is 16.8 Å². The molecular formula is C18H17Cl2N3O3S. The van der Waals surface area contributed by atoms with Crippen LogP contribution in [0.15, 0.2) is 35.0 Å². The highest BCUT2D eigenvalue weighted by molar-refractivity contribution is 7.07. The van der Waals surface area contributed by atoms with Crippen molar-refractivity contribution in [3.05, 3.63) is 56.2 Å². The Morgan fingerprint density at radius 1 is 1.30 bits per heavy atom. The van der Waals surface area contributed by atoms with Gasteiger partial charge in [-0.05, 0) is 41.4 Å². The summed E-state index contributed by atoms with van der Waals surface area (Å²) in [5.41, 5.74) is 0.0599. The molecule has 1 atom stereocenters. The highest BCUT2D eigenvalue weighted by Gasteiger charge is 2.50. The van der Waals surface area contributed by atoms with E-state index in [0.29, 0.717) is 17.1 Å². The normalized spacial score (nSPS) is 19.3. The Kier molecular flexibility index (Phi) is 5.46. The molecule has 27 heavy (non-hydrogen) atoms. The predicted octanol–water partition coefficient (Wildman–Crippen LogP) is 3.48. The largest absolute Gasteiger partial charge is 0.340 e. The first-order valence-corrected chi connectivity index (χ1v) is 9.77. The molecule has 2 aromatic rings. The lowest BCUT2D eigenvalue weighted by atomic mass is 9.92. The minimum absolute atomic E-state index is 0.265. The maximum absolute atomic E-state index is 12.9. The van der Waals surface area contributed by atoms with E-state index in [2.05, 4.69) is 5.32 Å². The number of carbonyl (C=O) groups is 3. The monoisotopic (exact) mass is 425 g/mol. The van der Waals surface area contributed by atoms with Crippen LogP contribution in [0.4, 0.5) is 4.79 Å². The Bertz CT molecular complexity index is 903. The lowest BCUT2D eigenvalue weighted by Gasteiger charge is -2.24. The summed E-state index contributed by atoms with van der Waals surface area (Å²) in [5.74, 6) is -0.870. The molecule has 0 bridgehead atoms. The molecule has 1 N–H and O–H groups in total. The summed E-state index contributed by atoms with van der Waals surface area (Å²) in [6.45, 7) is 1.63. The number of hydrogen-bond acceptors (Lipinski definition) is 4. The third kappa shape index (κ3) is 3.81. The van der Waals surface area contributed by atoms with Crippen molar-refractivity contribution >= 4 is 52.4 Å². The number of benzene rings is 1. The summed E-state index contributed by atoms with van der Waals surface area (Å²) in [4.78, 5) is 40.2. The number of rotatable bonds is 5. The van der Waals surface area contributed by atoms with Gasteiger partial charge in [-0.25, -0.2) is 4.79 Å². The van der Waals surface area contributed by atoms with Crippen LogP contribution in [0.3, 0.4) is 0 Å². The van der Waals surface area contributed by atoms with Crippen molar-refractivity contribution in [2.24, 2.45) is 0 Å². The summed E-state index contributed by atoms with van der Waals surface area (Å²) < 4.78 is 0. The molecule has 1 fully saturated rings. The van der Waals surface area contributed by atoms with Crippen molar-refractivity contribution in [2.45, 2.75) is 19.0 Å². The van der Waals surface area contributed by atoms with Crippen LogP contribution >= 0.6 is 34.5 Å². The number of amides is 4. The zero-order chi connectivity index (χ0) is 19.8. The Labute approximate surface area is 170 Å². The third-order valence-corrected chi connectivity index (χ3v) is 5.74. The van der Waals surface area contributed by atoms with Crippen molar-refractivity contribution in [1.82, 2.24) is 15.1 Å². The fourth-order valence-corrected chi connectivity index (χ4v) is 4.18. The van der Waals surface area contributed by atoms with Crippen LogP contribution in [0.2, 0.25) is 10.0 Å². The first-order valence-electron chi connectivity index (χ1n) is 8.07. The second kappa shape index (κ2) is 7.50. The van der Waals surface area contributed by atoms with E-state index in [4.69, 9.17) is 23.2 Å². The summed E-state index contributed by atoms with van der Waals surface area (Å²) >= 11 is 13.7.